The van der Waals surface area contributed by atoms with Crippen LogP contribution in [-0.4, -0.2) is 25.2 Å². The molecule has 0 heterocycles. The van der Waals surface area contributed by atoms with Gasteiger partial charge in [0.1, 0.15) is 12.4 Å². The van der Waals surface area contributed by atoms with Crippen molar-refractivity contribution < 1.29 is 23.8 Å². The van der Waals surface area contributed by atoms with E-state index in [1.54, 1.807) is 6.07 Å². The highest BCUT2D eigenvalue weighted by Crippen LogP contribution is 2.19. The van der Waals surface area contributed by atoms with Gasteiger partial charge >= 0.3 is 11.9 Å². The molecule has 0 saturated heterocycles. The third-order valence-electron chi connectivity index (χ3n) is 2.47. The summed E-state index contributed by atoms with van der Waals surface area (Å²) in [6.45, 7) is 7.40. The van der Waals surface area contributed by atoms with Crippen LogP contribution < -0.4 is 4.74 Å². The fraction of sp³-hybridized carbons (Fsp3) is 0.250. The second-order valence-electron chi connectivity index (χ2n) is 3.99. The summed E-state index contributed by atoms with van der Waals surface area (Å²) in [5, 5.41) is 0. The molecule has 0 aliphatic heterocycles. The van der Waals surface area contributed by atoms with Crippen LogP contribution in [0.5, 0.6) is 5.75 Å². The predicted molar refractivity (Wildman–Crippen MR) is 77.7 cm³/mol. The molecule has 0 radical (unpaired) electrons. The lowest BCUT2D eigenvalue weighted by Crippen LogP contribution is -2.08. The molecular weight excluding hydrogens is 272 g/mol. The van der Waals surface area contributed by atoms with Crippen LogP contribution in [-0.2, 0) is 25.7 Å². The Bertz CT molecular complexity index is 507. The van der Waals surface area contributed by atoms with Gasteiger partial charge in [-0.2, -0.15) is 0 Å². The number of hydrogen-bond donors (Lipinski definition) is 0. The van der Waals surface area contributed by atoms with Gasteiger partial charge in [-0.25, -0.2) is 9.59 Å². The van der Waals surface area contributed by atoms with Crippen molar-refractivity contribution in [3.05, 3.63) is 55.1 Å². The van der Waals surface area contributed by atoms with E-state index in [4.69, 9.17) is 14.2 Å². The first-order valence-corrected chi connectivity index (χ1v) is 6.46. The second kappa shape index (κ2) is 9.36. The van der Waals surface area contributed by atoms with Gasteiger partial charge in [0.05, 0.1) is 13.2 Å². The highest BCUT2D eigenvalue weighted by atomic mass is 16.5. The molecule has 0 aliphatic carbocycles. The molecule has 0 saturated carbocycles. The van der Waals surface area contributed by atoms with Crippen LogP contribution in [0, 0.1) is 0 Å². The van der Waals surface area contributed by atoms with Crippen molar-refractivity contribution >= 4 is 11.9 Å². The van der Waals surface area contributed by atoms with Gasteiger partial charge in [0, 0.05) is 24.1 Å². The van der Waals surface area contributed by atoms with Crippen molar-refractivity contribution in [2.24, 2.45) is 0 Å². The molecule has 5 heteroatoms. The Hall–Kier alpha value is -2.56. The zero-order valence-electron chi connectivity index (χ0n) is 11.7. The van der Waals surface area contributed by atoms with Gasteiger partial charge in [-0.15, -0.1) is 0 Å². The van der Waals surface area contributed by atoms with Gasteiger partial charge in [0.25, 0.3) is 0 Å². The maximum atomic E-state index is 11.1. The minimum Gasteiger partial charge on any atom is -0.493 e. The van der Waals surface area contributed by atoms with E-state index in [-0.39, 0.29) is 13.2 Å². The summed E-state index contributed by atoms with van der Waals surface area (Å²) in [6.07, 6.45) is 2.78. The van der Waals surface area contributed by atoms with Gasteiger partial charge in [0.2, 0.25) is 0 Å². The Morgan fingerprint density at radius 1 is 1.00 bits per heavy atom. The molecule has 112 valence electrons. The summed E-state index contributed by atoms with van der Waals surface area (Å²) in [5.74, 6) is -0.308. The average Bonchev–Trinajstić information content (AvgIpc) is 2.52. The van der Waals surface area contributed by atoms with Crippen LogP contribution >= 0.6 is 0 Å². The van der Waals surface area contributed by atoms with E-state index in [0.717, 1.165) is 17.7 Å². The van der Waals surface area contributed by atoms with E-state index in [1.807, 2.05) is 18.2 Å². The van der Waals surface area contributed by atoms with Gasteiger partial charge in [0.15, 0.2) is 0 Å². The fourth-order valence-corrected chi connectivity index (χ4v) is 1.44. The molecule has 0 N–H and O–H groups in total. The van der Waals surface area contributed by atoms with E-state index >= 15 is 0 Å². The first kappa shape index (κ1) is 16.5. The summed E-state index contributed by atoms with van der Waals surface area (Å²) in [6, 6.07) is 7.25. The Morgan fingerprint density at radius 2 is 1.67 bits per heavy atom. The summed E-state index contributed by atoms with van der Waals surface area (Å²) in [5.41, 5.74) is 0.760. The number of hydrogen-bond acceptors (Lipinski definition) is 5. The van der Waals surface area contributed by atoms with E-state index in [2.05, 4.69) is 13.2 Å². The molecule has 0 aromatic heterocycles. The van der Waals surface area contributed by atoms with Crippen LogP contribution in [0.3, 0.4) is 0 Å². The topological polar surface area (TPSA) is 61.8 Å². The monoisotopic (exact) mass is 290 g/mol. The molecule has 0 bridgehead atoms. The normalized spacial score (nSPS) is 9.52. The van der Waals surface area contributed by atoms with Gasteiger partial charge < -0.3 is 14.2 Å². The summed E-state index contributed by atoms with van der Waals surface area (Å²) < 4.78 is 15.4. The highest BCUT2D eigenvalue weighted by Gasteiger charge is 2.05. The van der Waals surface area contributed by atoms with Gasteiger partial charge in [-0.3, -0.25) is 0 Å². The van der Waals surface area contributed by atoms with Crippen molar-refractivity contribution in [3.63, 3.8) is 0 Å². The fourth-order valence-electron chi connectivity index (χ4n) is 1.44. The molecule has 0 fully saturated rings. The lowest BCUT2D eigenvalue weighted by molar-refractivity contribution is -0.139. The average molecular weight is 290 g/mol. The Morgan fingerprint density at radius 3 is 2.38 bits per heavy atom. The molecule has 21 heavy (non-hydrogen) atoms. The van der Waals surface area contributed by atoms with Crippen molar-refractivity contribution in [3.8, 4) is 5.75 Å². The first-order chi connectivity index (χ1) is 10.2. The van der Waals surface area contributed by atoms with Crippen molar-refractivity contribution in [2.45, 2.75) is 13.0 Å². The van der Waals surface area contributed by atoms with Gasteiger partial charge in [-0.1, -0.05) is 31.4 Å². The molecule has 0 aliphatic rings. The Kier molecular flexibility index (Phi) is 7.35. The number of para-hydroxylation sites is 1. The molecule has 0 spiro atoms. The predicted octanol–water partition coefficient (Wildman–Crippen LogP) is 2.41. The maximum absolute atomic E-state index is 11.1. The summed E-state index contributed by atoms with van der Waals surface area (Å²) in [4.78, 5) is 21.9. The number of carbonyl (C=O) groups excluding carboxylic acids is 2. The highest BCUT2D eigenvalue weighted by molar-refractivity contribution is 5.81. The minimum absolute atomic E-state index is 0.118. The second-order valence-corrected chi connectivity index (χ2v) is 3.99. The maximum Gasteiger partial charge on any atom is 0.330 e. The minimum atomic E-state index is -0.485. The van der Waals surface area contributed by atoms with Crippen molar-refractivity contribution in [1.29, 1.82) is 0 Å². The van der Waals surface area contributed by atoms with E-state index in [9.17, 15) is 9.59 Å². The molecule has 0 amide bonds. The number of rotatable bonds is 9. The Balaban J connectivity index is 2.40. The van der Waals surface area contributed by atoms with Crippen LogP contribution in [0.15, 0.2) is 49.6 Å². The molecule has 1 aromatic carbocycles. The van der Waals surface area contributed by atoms with Crippen LogP contribution in [0.2, 0.25) is 0 Å². The van der Waals surface area contributed by atoms with Crippen LogP contribution in [0.4, 0.5) is 0 Å². The number of esters is 2. The van der Waals surface area contributed by atoms with E-state index in [1.165, 1.54) is 0 Å². The van der Waals surface area contributed by atoms with Crippen LogP contribution in [0.25, 0.3) is 0 Å². The zero-order chi connectivity index (χ0) is 15.5. The molecular formula is C16H18O5. The quantitative estimate of drug-likeness (QED) is 0.397. The molecule has 1 rings (SSSR count). The molecule has 0 atom stereocenters. The lowest BCUT2D eigenvalue weighted by Gasteiger charge is -2.11. The third-order valence-corrected chi connectivity index (χ3v) is 2.47. The molecule has 0 unspecified atom stereocenters. The van der Waals surface area contributed by atoms with E-state index < -0.39 is 11.9 Å². The zero-order valence-corrected chi connectivity index (χ0v) is 11.7. The number of ether oxygens (including phenoxy) is 3. The third kappa shape index (κ3) is 6.42. The van der Waals surface area contributed by atoms with Crippen LogP contribution in [0.1, 0.15) is 12.0 Å². The smallest absolute Gasteiger partial charge is 0.330 e. The largest absolute Gasteiger partial charge is 0.493 e. The summed E-state index contributed by atoms with van der Waals surface area (Å²) in [7, 11) is 0. The summed E-state index contributed by atoms with van der Waals surface area (Å²) >= 11 is 0. The first-order valence-electron chi connectivity index (χ1n) is 6.46. The Labute approximate surface area is 123 Å². The van der Waals surface area contributed by atoms with Crippen molar-refractivity contribution in [1.82, 2.24) is 0 Å². The van der Waals surface area contributed by atoms with Crippen molar-refractivity contribution in [2.75, 3.05) is 13.2 Å². The lowest BCUT2D eigenvalue weighted by atomic mass is 10.2. The molecule has 1 aromatic rings. The standard InChI is InChI=1S/C16H18O5/c1-3-15(17)20-11-7-10-19-14-9-6-5-8-13(14)12-21-16(18)4-2/h3-6,8-9H,1-2,7,10-12H2. The number of carbonyl (C=O) groups is 2. The molecule has 5 nitrogen and oxygen atoms in total. The van der Waals surface area contributed by atoms with Gasteiger partial charge in [-0.05, 0) is 6.07 Å². The number of benzene rings is 1. The van der Waals surface area contributed by atoms with E-state index in [0.29, 0.717) is 18.8 Å². The SMILES string of the molecule is C=CC(=O)OCCCOc1ccccc1COC(=O)C=C.